The van der Waals surface area contributed by atoms with Gasteiger partial charge < -0.3 is 0 Å². The molecule has 9 heavy (non-hydrogen) atoms. The highest BCUT2D eigenvalue weighted by molar-refractivity contribution is 8.93. The molecule has 0 bridgehead atoms. The molecule has 2 rings (SSSR count). The Hall–Kier alpha value is 0.140. The van der Waals surface area contributed by atoms with Gasteiger partial charge in [0.05, 0.1) is 0 Å². The third-order valence-electron chi connectivity index (χ3n) is 1.07. The fourth-order valence-electron chi connectivity index (χ4n) is 0.697. The normalized spacial score (nSPS) is 9.33. The van der Waals surface area contributed by atoms with Crippen LogP contribution in [0.4, 0.5) is 0 Å². The monoisotopic (exact) mass is 220 g/mol. The van der Waals surface area contributed by atoms with Crippen molar-refractivity contribution in [2.75, 3.05) is 0 Å². The average molecular weight is 221 g/mol. The van der Waals surface area contributed by atoms with E-state index in [-0.39, 0.29) is 17.0 Å². The molecule has 3 heteroatoms. The first-order chi connectivity index (χ1) is 3.97. The number of hydrogen-bond donors (Lipinski definition) is 0. The first kappa shape index (κ1) is 7.25. The van der Waals surface area contributed by atoms with Crippen LogP contribution in [-0.4, -0.2) is 0 Å². The molecule has 0 spiro atoms. The van der Waals surface area contributed by atoms with Crippen LogP contribution in [-0.2, 0) is 0 Å². The fraction of sp³-hybridized carbons (Fsp3) is 0. The van der Waals surface area contributed by atoms with E-state index in [9.17, 15) is 0 Å². The number of fused-ring (bicyclic) bond motifs is 1. The maximum absolute atomic E-state index is 2.16. The highest BCUT2D eigenvalue weighted by Gasteiger charge is 1.90. The zero-order chi connectivity index (χ0) is 5.40. The van der Waals surface area contributed by atoms with Crippen LogP contribution in [0.5, 0.6) is 0 Å². The largest absolute Gasteiger partial charge is 0.143 e. The second kappa shape index (κ2) is 2.82. The Morgan fingerprint density at radius 1 is 0.889 bits per heavy atom. The zero-order valence-electron chi connectivity index (χ0n) is 4.53. The minimum atomic E-state index is 0. The summed E-state index contributed by atoms with van der Waals surface area (Å²) in [5.41, 5.74) is 0. The van der Waals surface area contributed by atoms with Crippen LogP contribution in [0.25, 0.3) is 9.40 Å². The topological polar surface area (TPSA) is 0 Å². The van der Waals surface area contributed by atoms with Crippen molar-refractivity contribution >= 4 is 49.1 Å². The summed E-state index contributed by atoms with van der Waals surface area (Å²) in [6, 6.07) is 4.31. The van der Waals surface area contributed by atoms with Crippen LogP contribution in [0.2, 0.25) is 0 Å². The van der Waals surface area contributed by atoms with Gasteiger partial charge in [0, 0.05) is 9.40 Å². The second-order valence-electron chi connectivity index (χ2n) is 1.57. The van der Waals surface area contributed by atoms with Gasteiger partial charge in [-0.05, 0) is 22.9 Å². The van der Waals surface area contributed by atoms with Crippen LogP contribution in [0.3, 0.4) is 0 Å². The lowest BCUT2D eigenvalue weighted by Gasteiger charge is -1.63. The number of hydrogen-bond acceptors (Lipinski definition) is 2. The lowest BCUT2D eigenvalue weighted by Crippen LogP contribution is -1.33. The van der Waals surface area contributed by atoms with Crippen molar-refractivity contribution in [1.29, 1.82) is 0 Å². The van der Waals surface area contributed by atoms with Crippen molar-refractivity contribution in [2.24, 2.45) is 0 Å². The fourth-order valence-corrected chi connectivity index (χ4v) is 2.52. The van der Waals surface area contributed by atoms with Crippen LogP contribution in [0, 0.1) is 0 Å². The molecule has 2 aromatic heterocycles. The molecule has 0 nitrogen and oxygen atoms in total. The molecule has 0 aromatic carbocycles. The van der Waals surface area contributed by atoms with Gasteiger partial charge in [-0.2, -0.15) is 0 Å². The van der Waals surface area contributed by atoms with Crippen LogP contribution in [0.15, 0.2) is 22.9 Å². The Morgan fingerprint density at radius 3 is 1.78 bits per heavy atom. The molecular formula is C6H5BrS2. The summed E-state index contributed by atoms with van der Waals surface area (Å²) in [6.07, 6.45) is 0. The molecule has 2 heterocycles. The molecule has 0 N–H and O–H groups in total. The van der Waals surface area contributed by atoms with E-state index in [0.717, 1.165) is 0 Å². The van der Waals surface area contributed by atoms with Crippen molar-refractivity contribution in [1.82, 2.24) is 0 Å². The van der Waals surface area contributed by atoms with E-state index in [1.54, 1.807) is 22.7 Å². The molecule has 0 aliphatic rings. The van der Waals surface area contributed by atoms with Gasteiger partial charge in [-0.3, -0.25) is 0 Å². The summed E-state index contributed by atoms with van der Waals surface area (Å²) >= 11 is 3.61. The molecule has 2 aromatic rings. The summed E-state index contributed by atoms with van der Waals surface area (Å²) < 4.78 is 2.82. The van der Waals surface area contributed by atoms with E-state index in [0.29, 0.717) is 0 Å². The average Bonchev–Trinajstić information content (AvgIpc) is 2.15. The maximum atomic E-state index is 2.16. The number of halogens is 1. The SMILES string of the molecule is Br.c1cc2sccc2s1. The number of thiophene rings is 2. The van der Waals surface area contributed by atoms with E-state index in [2.05, 4.69) is 22.9 Å². The van der Waals surface area contributed by atoms with Gasteiger partial charge in [-0.15, -0.1) is 39.7 Å². The van der Waals surface area contributed by atoms with Gasteiger partial charge in [0.1, 0.15) is 0 Å². The van der Waals surface area contributed by atoms with Gasteiger partial charge in [0.15, 0.2) is 0 Å². The molecule has 0 saturated carbocycles. The van der Waals surface area contributed by atoms with Crippen LogP contribution in [0.1, 0.15) is 0 Å². The first-order valence-electron chi connectivity index (χ1n) is 2.37. The summed E-state index contributed by atoms with van der Waals surface area (Å²) in [5.74, 6) is 0. The minimum Gasteiger partial charge on any atom is -0.143 e. The van der Waals surface area contributed by atoms with Gasteiger partial charge in [0.25, 0.3) is 0 Å². The van der Waals surface area contributed by atoms with Crippen molar-refractivity contribution in [3.63, 3.8) is 0 Å². The maximum Gasteiger partial charge on any atom is 0.0450 e. The standard InChI is InChI=1S/C6H4S2.BrH/c1-3-7-6-2-4-8-5(1)6;/h1-4H;1H. The van der Waals surface area contributed by atoms with E-state index in [4.69, 9.17) is 0 Å². The first-order valence-corrected chi connectivity index (χ1v) is 4.13. The lowest BCUT2D eigenvalue weighted by molar-refractivity contribution is 2.24. The van der Waals surface area contributed by atoms with Crippen molar-refractivity contribution < 1.29 is 0 Å². The Balaban J connectivity index is 0.000000405. The molecule has 0 atom stereocenters. The molecule has 0 fully saturated rings. The van der Waals surface area contributed by atoms with Gasteiger partial charge in [0.2, 0.25) is 0 Å². The van der Waals surface area contributed by atoms with E-state index < -0.39 is 0 Å². The van der Waals surface area contributed by atoms with Crippen molar-refractivity contribution in [3.8, 4) is 0 Å². The number of rotatable bonds is 0. The quantitative estimate of drug-likeness (QED) is 0.638. The minimum absolute atomic E-state index is 0. The lowest BCUT2D eigenvalue weighted by atomic mass is 10.5. The van der Waals surface area contributed by atoms with E-state index >= 15 is 0 Å². The second-order valence-corrected chi connectivity index (χ2v) is 3.47. The smallest absolute Gasteiger partial charge is 0.0450 e. The predicted octanol–water partition coefficient (Wildman–Crippen LogP) is 3.54. The third kappa shape index (κ3) is 1.18. The molecule has 0 aliphatic carbocycles. The molecule has 0 amide bonds. The highest BCUT2D eigenvalue weighted by atomic mass is 79.9. The summed E-state index contributed by atoms with van der Waals surface area (Å²) in [4.78, 5) is 0. The molecular weight excluding hydrogens is 216 g/mol. The van der Waals surface area contributed by atoms with Crippen LogP contribution < -0.4 is 0 Å². The summed E-state index contributed by atoms with van der Waals surface area (Å²) in [6.45, 7) is 0. The summed E-state index contributed by atoms with van der Waals surface area (Å²) in [7, 11) is 0. The zero-order valence-corrected chi connectivity index (χ0v) is 7.88. The third-order valence-corrected chi connectivity index (χ3v) is 2.97. The predicted molar refractivity (Wildman–Crippen MR) is 50.0 cm³/mol. The van der Waals surface area contributed by atoms with Crippen LogP contribution >= 0.6 is 39.7 Å². The molecule has 0 aliphatic heterocycles. The highest BCUT2D eigenvalue weighted by Crippen LogP contribution is 2.25. The Labute approximate surface area is 71.9 Å². The Morgan fingerprint density at radius 2 is 1.33 bits per heavy atom. The van der Waals surface area contributed by atoms with Crippen molar-refractivity contribution in [3.05, 3.63) is 22.9 Å². The van der Waals surface area contributed by atoms with E-state index in [1.807, 2.05) is 0 Å². The Kier molecular flexibility index (Phi) is 2.27. The van der Waals surface area contributed by atoms with Gasteiger partial charge in [-0.25, -0.2) is 0 Å². The van der Waals surface area contributed by atoms with Crippen molar-refractivity contribution in [2.45, 2.75) is 0 Å². The molecule has 0 unspecified atom stereocenters. The molecule has 0 radical (unpaired) electrons. The summed E-state index contributed by atoms with van der Waals surface area (Å²) in [5, 5.41) is 4.25. The Bertz CT molecular complexity index is 232. The van der Waals surface area contributed by atoms with Gasteiger partial charge in [-0.1, -0.05) is 0 Å². The molecule has 0 saturated heterocycles. The van der Waals surface area contributed by atoms with E-state index in [1.165, 1.54) is 9.40 Å². The van der Waals surface area contributed by atoms with Gasteiger partial charge >= 0.3 is 0 Å². The molecule has 48 valence electrons.